The second kappa shape index (κ2) is 6.37. The van der Waals surface area contributed by atoms with Gasteiger partial charge in [0.1, 0.15) is 11.6 Å². The summed E-state index contributed by atoms with van der Waals surface area (Å²) in [5.41, 5.74) is 1.64. The van der Waals surface area contributed by atoms with Crippen LogP contribution in [0.1, 0.15) is 21.2 Å². The predicted octanol–water partition coefficient (Wildman–Crippen LogP) is 3.52. The van der Waals surface area contributed by atoms with Gasteiger partial charge in [-0.25, -0.2) is 4.98 Å². The average molecular weight is 295 g/mol. The number of H-pyrrole nitrogens is 1. The lowest BCUT2D eigenvalue weighted by Gasteiger charge is -2.14. The van der Waals surface area contributed by atoms with E-state index in [2.05, 4.69) is 15.2 Å². The summed E-state index contributed by atoms with van der Waals surface area (Å²) in [6.45, 7) is 0. The van der Waals surface area contributed by atoms with Gasteiger partial charge >= 0.3 is 0 Å². The third kappa shape index (κ3) is 3.20. The molecule has 0 saturated heterocycles. The number of nitrogens with zero attached hydrogens (tertiary/aromatic N) is 2. The molecule has 1 atom stereocenters. The molecule has 5 heteroatoms. The first-order chi connectivity index (χ1) is 10.3. The van der Waals surface area contributed by atoms with Crippen molar-refractivity contribution in [3.8, 4) is 0 Å². The molecule has 0 aliphatic heterocycles. The molecule has 2 aromatic carbocycles. The fourth-order valence-corrected chi connectivity index (χ4v) is 2.99. The highest BCUT2D eigenvalue weighted by molar-refractivity contribution is 8.00. The predicted molar refractivity (Wildman–Crippen MR) is 82.2 cm³/mol. The number of aromatic nitrogens is 3. The van der Waals surface area contributed by atoms with Crippen molar-refractivity contribution in [3.63, 3.8) is 0 Å². The van der Waals surface area contributed by atoms with E-state index < -0.39 is 0 Å². The molecule has 104 valence electrons. The lowest BCUT2D eigenvalue weighted by atomic mass is 10.0. The molecule has 0 spiro atoms. The number of ketones is 1. The fraction of sp³-hybridized carbons (Fsp3) is 0.0625. The van der Waals surface area contributed by atoms with Crippen molar-refractivity contribution < 1.29 is 4.79 Å². The standard InChI is InChI=1S/C16H13N3OS/c20-14(12-7-3-1-4-8-12)15(13-9-5-2-6-10-13)21-16-17-11-18-19-16/h1-11,15H,(H,17,18,19)/t15-/m1/s1. The highest BCUT2D eigenvalue weighted by atomic mass is 32.2. The molecule has 21 heavy (non-hydrogen) atoms. The lowest BCUT2D eigenvalue weighted by molar-refractivity contribution is 0.0989. The number of Topliss-reactive ketones (excluding diaryl/α,β-unsaturated/α-hetero) is 1. The second-order valence-corrected chi connectivity index (χ2v) is 5.52. The highest BCUT2D eigenvalue weighted by Gasteiger charge is 2.24. The van der Waals surface area contributed by atoms with Crippen molar-refractivity contribution in [2.24, 2.45) is 0 Å². The first kappa shape index (κ1) is 13.6. The Kier molecular flexibility index (Phi) is 4.12. The van der Waals surface area contributed by atoms with Gasteiger partial charge in [-0.3, -0.25) is 9.89 Å². The van der Waals surface area contributed by atoms with Crippen LogP contribution in [-0.2, 0) is 0 Å². The van der Waals surface area contributed by atoms with E-state index in [1.807, 2.05) is 60.7 Å². The molecular formula is C16H13N3OS. The minimum absolute atomic E-state index is 0.0585. The van der Waals surface area contributed by atoms with Gasteiger partial charge in [0, 0.05) is 5.56 Å². The molecule has 0 saturated carbocycles. The fourth-order valence-electron chi connectivity index (χ4n) is 2.02. The lowest BCUT2D eigenvalue weighted by Crippen LogP contribution is -2.10. The maximum atomic E-state index is 12.8. The molecule has 0 aliphatic carbocycles. The summed E-state index contributed by atoms with van der Waals surface area (Å²) in [6.07, 6.45) is 1.44. The van der Waals surface area contributed by atoms with Gasteiger partial charge in [0.25, 0.3) is 0 Å². The van der Waals surface area contributed by atoms with Crippen LogP contribution in [0.15, 0.2) is 72.1 Å². The summed E-state index contributed by atoms with van der Waals surface area (Å²) >= 11 is 1.37. The van der Waals surface area contributed by atoms with E-state index in [1.165, 1.54) is 18.1 Å². The molecule has 1 aromatic heterocycles. The smallest absolute Gasteiger partial charge is 0.184 e. The summed E-state index contributed by atoms with van der Waals surface area (Å²) < 4.78 is 0. The topological polar surface area (TPSA) is 58.6 Å². The molecule has 3 aromatic rings. The quantitative estimate of drug-likeness (QED) is 0.578. The Hall–Kier alpha value is -2.40. The van der Waals surface area contributed by atoms with Gasteiger partial charge in [0.15, 0.2) is 10.9 Å². The Morgan fingerprint density at radius 3 is 2.29 bits per heavy atom. The average Bonchev–Trinajstić information content (AvgIpc) is 3.07. The SMILES string of the molecule is O=C(c1ccccc1)[C@H](Sc1ncn[nH]1)c1ccccc1. The van der Waals surface area contributed by atoms with E-state index in [0.717, 1.165) is 5.56 Å². The maximum Gasteiger partial charge on any atom is 0.184 e. The Balaban J connectivity index is 1.94. The van der Waals surface area contributed by atoms with Crippen LogP contribution in [0.5, 0.6) is 0 Å². The molecule has 4 nitrogen and oxygen atoms in total. The Bertz CT molecular complexity index is 699. The molecule has 0 aliphatic rings. The van der Waals surface area contributed by atoms with E-state index in [-0.39, 0.29) is 11.0 Å². The zero-order valence-electron chi connectivity index (χ0n) is 11.1. The van der Waals surface area contributed by atoms with Gasteiger partial charge < -0.3 is 0 Å². The number of hydrogen-bond donors (Lipinski definition) is 1. The zero-order valence-corrected chi connectivity index (χ0v) is 12.0. The van der Waals surface area contributed by atoms with Crippen molar-refractivity contribution in [3.05, 3.63) is 78.1 Å². The Labute approximate surface area is 126 Å². The Morgan fingerprint density at radius 2 is 1.67 bits per heavy atom. The largest absolute Gasteiger partial charge is 0.293 e. The molecular weight excluding hydrogens is 282 g/mol. The van der Waals surface area contributed by atoms with Crippen molar-refractivity contribution in [2.75, 3.05) is 0 Å². The number of benzene rings is 2. The maximum absolute atomic E-state index is 12.8. The zero-order chi connectivity index (χ0) is 14.5. The van der Waals surface area contributed by atoms with E-state index in [1.54, 1.807) is 0 Å². The van der Waals surface area contributed by atoms with Crippen molar-refractivity contribution in [2.45, 2.75) is 10.4 Å². The van der Waals surface area contributed by atoms with Crippen LogP contribution in [-0.4, -0.2) is 21.0 Å². The van der Waals surface area contributed by atoms with Crippen molar-refractivity contribution >= 4 is 17.5 Å². The van der Waals surface area contributed by atoms with Gasteiger partial charge in [-0.05, 0) is 5.56 Å². The van der Waals surface area contributed by atoms with Gasteiger partial charge in [-0.15, -0.1) is 0 Å². The van der Waals surface area contributed by atoms with Crippen molar-refractivity contribution in [1.82, 2.24) is 15.2 Å². The van der Waals surface area contributed by atoms with Crippen molar-refractivity contribution in [1.29, 1.82) is 0 Å². The summed E-state index contributed by atoms with van der Waals surface area (Å²) in [6, 6.07) is 19.0. The Morgan fingerprint density at radius 1 is 1.00 bits per heavy atom. The normalized spacial score (nSPS) is 12.0. The summed E-state index contributed by atoms with van der Waals surface area (Å²) in [5, 5.41) is 6.91. The second-order valence-electron chi connectivity index (χ2n) is 4.43. The number of hydrogen-bond acceptors (Lipinski definition) is 4. The number of carbonyl (C=O) groups is 1. The van der Waals surface area contributed by atoms with Crippen LogP contribution >= 0.6 is 11.8 Å². The minimum Gasteiger partial charge on any atom is -0.293 e. The first-order valence-electron chi connectivity index (χ1n) is 6.51. The van der Waals surface area contributed by atoms with E-state index in [4.69, 9.17) is 0 Å². The van der Waals surface area contributed by atoms with Gasteiger partial charge in [0.2, 0.25) is 0 Å². The van der Waals surface area contributed by atoms with Crippen LogP contribution in [0.2, 0.25) is 0 Å². The molecule has 0 bridgehead atoms. The molecule has 0 radical (unpaired) electrons. The molecule has 0 amide bonds. The van der Waals surface area contributed by atoms with Crippen LogP contribution < -0.4 is 0 Å². The molecule has 1 heterocycles. The summed E-state index contributed by atoms with van der Waals surface area (Å²) in [5.74, 6) is 0.0585. The van der Waals surface area contributed by atoms with Gasteiger partial charge in [-0.2, -0.15) is 5.10 Å². The first-order valence-corrected chi connectivity index (χ1v) is 7.39. The van der Waals surface area contributed by atoms with Crippen LogP contribution in [0.3, 0.4) is 0 Å². The van der Waals surface area contributed by atoms with E-state index in [9.17, 15) is 4.79 Å². The van der Waals surface area contributed by atoms with Crippen LogP contribution in [0, 0.1) is 0 Å². The number of nitrogens with one attached hydrogen (secondary N) is 1. The molecule has 3 rings (SSSR count). The van der Waals surface area contributed by atoms with E-state index in [0.29, 0.717) is 10.7 Å². The van der Waals surface area contributed by atoms with Gasteiger partial charge in [0.05, 0.1) is 0 Å². The van der Waals surface area contributed by atoms with E-state index >= 15 is 0 Å². The third-order valence-corrected chi connectivity index (χ3v) is 4.16. The highest BCUT2D eigenvalue weighted by Crippen LogP contribution is 2.35. The van der Waals surface area contributed by atoms with Crippen LogP contribution in [0.25, 0.3) is 0 Å². The molecule has 0 fully saturated rings. The number of aromatic amines is 1. The van der Waals surface area contributed by atoms with Gasteiger partial charge in [-0.1, -0.05) is 72.4 Å². The number of carbonyl (C=O) groups excluding carboxylic acids is 1. The third-order valence-electron chi connectivity index (χ3n) is 3.02. The summed E-state index contributed by atoms with van der Waals surface area (Å²) in [4.78, 5) is 16.9. The minimum atomic E-state index is -0.346. The number of thioether (sulfide) groups is 1. The molecule has 0 unspecified atom stereocenters. The molecule has 1 N–H and O–H groups in total. The van der Waals surface area contributed by atoms with Crippen LogP contribution in [0.4, 0.5) is 0 Å². The summed E-state index contributed by atoms with van der Waals surface area (Å²) in [7, 11) is 0. The number of rotatable bonds is 5. The monoisotopic (exact) mass is 295 g/mol.